The van der Waals surface area contributed by atoms with Gasteiger partial charge in [0, 0.05) is 77.5 Å². The predicted octanol–water partition coefficient (Wildman–Crippen LogP) is 6.11. The van der Waals surface area contributed by atoms with Crippen LogP contribution in [-0.2, 0) is 6.54 Å². The van der Waals surface area contributed by atoms with Crippen molar-refractivity contribution < 1.29 is 9.59 Å². The van der Waals surface area contributed by atoms with E-state index in [-0.39, 0.29) is 11.8 Å². The molecule has 4 aromatic rings. The maximum atomic E-state index is 13.0. The lowest BCUT2D eigenvalue weighted by Crippen LogP contribution is -2.45. The number of anilines is 2. The van der Waals surface area contributed by atoms with Gasteiger partial charge in [0.05, 0.1) is 5.56 Å². The Bertz CT molecular complexity index is 1430. The van der Waals surface area contributed by atoms with E-state index in [0.29, 0.717) is 27.5 Å². The highest BCUT2D eigenvalue weighted by molar-refractivity contribution is 7.13. The van der Waals surface area contributed by atoms with Crippen LogP contribution in [-0.4, -0.2) is 59.3 Å². The largest absolute Gasteiger partial charge is 0.322 e. The summed E-state index contributed by atoms with van der Waals surface area (Å²) in [5.74, 6) is -0.640. The second-order valence-electron chi connectivity index (χ2n) is 9.48. The Morgan fingerprint density at radius 2 is 1.59 bits per heavy atom. The maximum Gasteiger partial charge on any atom is 0.257 e. The Morgan fingerprint density at radius 3 is 2.31 bits per heavy atom. The summed E-state index contributed by atoms with van der Waals surface area (Å²) in [6.07, 6.45) is 3.24. The molecular weight excluding hydrogens is 530 g/mol. The van der Waals surface area contributed by atoms with Crippen molar-refractivity contribution in [1.29, 1.82) is 0 Å². The van der Waals surface area contributed by atoms with Gasteiger partial charge in [-0.15, -0.1) is 11.3 Å². The molecule has 0 bridgehead atoms. The first-order valence-corrected chi connectivity index (χ1v) is 14.2. The Labute approximate surface area is 237 Å². The molecule has 0 aliphatic carbocycles. The average molecular weight is 560 g/mol. The van der Waals surface area contributed by atoms with E-state index in [9.17, 15) is 9.59 Å². The van der Waals surface area contributed by atoms with E-state index in [4.69, 9.17) is 11.6 Å². The SMILES string of the molecule is CCN1CCN(Cc2ccc(NC(=O)c3cc(Cl)cc(NC(=O)c4cncc(-c5cccs5)c4)c3)cc2)CC1. The number of hydrogen-bond donors (Lipinski definition) is 2. The molecule has 0 radical (unpaired) electrons. The number of aromatic nitrogens is 1. The summed E-state index contributed by atoms with van der Waals surface area (Å²) in [6.45, 7) is 8.54. The van der Waals surface area contributed by atoms with Crippen LogP contribution >= 0.6 is 22.9 Å². The number of halogens is 1. The molecule has 2 aromatic carbocycles. The van der Waals surface area contributed by atoms with Gasteiger partial charge >= 0.3 is 0 Å². The third-order valence-corrected chi connectivity index (χ3v) is 7.89. The summed E-state index contributed by atoms with van der Waals surface area (Å²) in [4.78, 5) is 36.1. The molecule has 2 aromatic heterocycles. The topological polar surface area (TPSA) is 77.6 Å². The Balaban J connectivity index is 1.21. The monoisotopic (exact) mass is 559 g/mol. The van der Waals surface area contributed by atoms with Crippen LogP contribution in [0.2, 0.25) is 5.02 Å². The van der Waals surface area contributed by atoms with Gasteiger partial charge in [-0.05, 0) is 60.0 Å². The van der Waals surface area contributed by atoms with Crippen LogP contribution in [0.1, 0.15) is 33.2 Å². The maximum absolute atomic E-state index is 13.0. The molecule has 1 saturated heterocycles. The number of pyridine rings is 1. The molecule has 1 aliphatic rings. The Morgan fingerprint density at radius 1 is 0.872 bits per heavy atom. The molecule has 5 rings (SSSR count). The van der Waals surface area contributed by atoms with Crippen LogP contribution in [0.4, 0.5) is 11.4 Å². The van der Waals surface area contributed by atoms with E-state index >= 15 is 0 Å². The van der Waals surface area contributed by atoms with Gasteiger partial charge in [0.25, 0.3) is 11.8 Å². The highest BCUT2D eigenvalue weighted by Crippen LogP contribution is 2.25. The number of carbonyl (C=O) groups is 2. The predicted molar refractivity (Wildman–Crippen MR) is 159 cm³/mol. The van der Waals surface area contributed by atoms with Crippen molar-refractivity contribution in [2.75, 3.05) is 43.4 Å². The third kappa shape index (κ3) is 7.10. The molecular formula is C30H30ClN5O2S. The first-order chi connectivity index (χ1) is 19.0. The van der Waals surface area contributed by atoms with Gasteiger partial charge in [-0.1, -0.05) is 36.7 Å². The van der Waals surface area contributed by atoms with E-state index in [1.54, 1.807) is 41.8 Å². The van der Waals surface area contributed by atoms with Crippen LogP contribution in [0.15, 0.2) is 78.4 Å². The fourth-order valence-electron chi connectivity index (χ4n) is 4.56. The second kappa shape index (κ2) is 12.5. The van der Waals surface area contributed by atoms with Crippen molar-refractivity contribution in [3.8, 4) is 10.4 Å². The molecule has 7 nitrogen and oxygen atoms in total. The number of rotatable bonds is 8. The minimum atomic E-state index is -0.332. The number of amides is 2. The molecule has 1 aliphatic heterocycles. The summed E-state index contributed by atoms with van der Waals surface area (Å²) in [5, 5.41) is 8.09. The summed E-state index contributed by atoms with van der Waals surface area (Å²) >= 11 is 7.88. The summed E-state index contributed by atoms with van der Waals surface area (Å²) in [7, 11) is 0. The third-order valence-electron chi connectivity index (χ3n) is 6.75. The smallest absolute Gasteiger partial charge is 0.257 e. The zero-order chi connectivity index (χ0) is 27.2. The van der Waals surface area contributed by atoms with Crippen LogP contribution in [0, 0.1) is 0 Å². The molecule has 200 valence electrons. The number of thiophene rings is 1. The highest BCUT2D eigenvalue weighted by atomic mass is 35.5. The van der Waals surface area contributed by atoms with Crippen molar-refractivity contribution in [2.45, 2.75) is 13.5 Å². The standard InChI is InChI=1S/C30H30ClN5O2S/c1-2-35-9-11-36(12-10-35)20-21-5-7-26(8-6-21)33-29(37)22-15-25(31)17-27(16-22)34-30(38)24-14-23(18-32-19-24)28-4-3-13-39-28/h3-8,13-19H,2,9-12,20H2,1H3,(H,33,37)(H,34,38). The Hall–Kier alpha value is -3.56. The molecule has 39 heavy (non-hydrogen) atoms. The van der Waals surface area contributed by atoms with Crippen molar-refractivity contribution >= 4 is 46.1 Å². The van der Waals surface area contributed by atoms with Crippen molar-refractivity contribution in [3.63, 3.8) is 0 Å². The quantitative estimate of drug-likeness (QED) is 0.272. The van der Waals surface area contributed by atoms with E-state index in [0.717, 1.165) is 49.7 Å². The fraction of sp³-hybridized carbons (Fsp3) is 0.233. The minimum absolute atomic E-state index is 0.308. The number of likely N-dealkylation sites (N-methyl/N-ethyl adjacent to an activating group) is 1. The van der Waals surface area contributed by atoms with Crippen LogP contribution in [0.5, 0.6) is 0 Å². The number of nitrogens with zero attached hydrogens (tertiary/aromatic N) is 3. The van der Waals surface area contributed by atoms with Gasteiger partial charge in [-0.25, -0.2) is 0 Å². The lowest BCUT2D eigenvalue weighted by molar-refractivity contribution is 0.101. The number of hydrogen-bond acceptors (Lipinski definition) is 6. The number of nitrogens with one attached hydrogen (secondary N) is 2. The van der Waals surface area contributed by atoms with Crippen LogP contribution < -0.4 is 10.6 Å². The highest BCUT2D eigenvalue weighted by Gasteiger charge is 2.16. The first kappa shape index (κ1) is 27.0. The average Bonchev–Trinajstić information content (AvgIpc) is 3.50. The molecule has 2 N–H and O–H groups in total. The van der Waals surface area contributed by atoms with E-state index in [2.05, 4.69) is 32.3 Å². The first-order valence-electron chi connectivity index (χ1n) is 12.9. The van der Waals surface area contributed by atoms with E-state index < -0.39 is 0 Å². The van der Waals surface area contributed by atoms with Gasteiger partial charge in [0.1, 0.15) is 0 Å². The number of piperazine rings is 1. The molecule has 0 saturated carbocycles. The van der Waals surface area contributed by atoms with Crippen molar-refractivity contribution in [2.24, 2.45) is 0 Å². The van der Waals surface area contributed by atoms with Gasteiger partial charge in [0.2, 0.25) is 0 Å². The van der Waals surface area contributed by atoms with E-state index in [1.165, 1.54) is 11.8 Å². The van der Waals surface area contributed by atoms with Gasteiger partial charge in [-0.2, -0.15) is 0 Å². The van der Waals surface area contributed by atoms with Crippen LogP contribution in [0.3, 0.4) is 0 Å². The summed E-state index contributed by atoms with van der Waals surface area (Å²) in [5.41, 5.74) is 3.97. The lowest BCUT2D eigenvalue weighted by atomic mass is 10.1. The van der Waals surface area contributed by atoms with Crippen molar-refractivity contribution in [1.82, 2.24) is 14.8 Å². The molecule has 0 spiro atoms. The van der Waals surface area contributed by atoms with E-state index in [1.807, 2.05) is 41.8 Å². The number of carbonyl (C=O) groups excluding carboxylic acids is 2. The zero-order valence-corrected chi connectivity index (χ0v) is 23.3. The normalized spacial score (nSPS) is 14.2. The molecule has 3 heterocycles. The lowest BCUT2D eigenvalue weighted by Gasteiger charge is -2.34. The number of benzene rings is 2. The molecule has 1 fully saturated rings. The summed E-state index contributed by atoms with van der Waals surface area (Å²) in [6, 6.07) is 18.4. The van der Waals surface area contributed by atoms with Gasteiger partial charge in [-0.3, -0.25) is 19.5 Å². The fourth-order valence-corrected chi connectivity index (χ4v) is 5.50. The van der Waals surface area contributed by atoms with Crippen LogP contribution in [0.25, 0.3) is 10.4 Å². The zero-order valence-electron chi connectivity index (χ0n) is 21.7. The Kier molecular flexibility index (Phi) is 8.68. The molecule has 0 unspecified atom stereocenters. The summed E-state index contributed by atoms with van der Waals surface area (Å²) < 4.78 is 0. The molecule has 2 amide bonds. The van der Waals surface area contributed by atoms with Gasteiger partial charge in [0.15, 0.2) is 0 Å². The van der Waals surface area contributed by atoms with Gasteiger partial charge < -0.3 is 15.5 Å². The minimum Gasteiger partial charge on any atom is -0.322 e. The van der Waals surface area contributed by atoms with Crippen molar-refractivity contribution in [3.05, 3.63) is 100 Å². The second-order valence-corrected chi connectivity index (χ2v) is 10.9. The molecule has 9 heteroatoms. The molecule has 0 atom stereocenters.